The molecule has 0 heterocycles. The van der Waals surface area contributed by atoms with Crippen molar-refractivity contribution < 1.29 is 9.72 Å². The molecule has 2 rings (SSSR count). The average molecular weight is 271 g/mol. The number of carbonyl (C=O) groups is 1. The number of carbonyl (C=O) groups excluding carboxylic acids is 1. The third-order valence-corrected chi connectivity index (χ3v) is 2.75. The minimum atomic E-state index is -0.443. The lowest BCUT2D eigenvalue weighted by Crippen LogP contribution is -2.17. The smallest absolute Gasteiger partial charge is 0.292 e. The molecule has 102 valence electrons. The van der Waals surface area contributed by atoms with Gasteiger partial charge in [0.25, 0.3) is 11.6 Å². The molecule has 6 nitrogen and oxygen atoms in total. The minimum Gasteiger partial charge on any atom is -0.355 e. The molecular formula is C14H13N3O3. The summed E-state index contributed by atoms with van der Waals surface area (Å²) in [5.41, 5.74) is 1.61. The Bertz CT molecular complexity index is 638. The number of amides is 1. The molecule has 0 saturated carbocycles. The van der Waals surface area contributed by atoms with E-state index in [4.69, 9.17) is 0 Å². The molecule has 20 heavy (non-hydrogen) atoms. The molecule has 0 aliphatic heterocycles. The maximum Gasteiger partial charge on any atom is 0.292 e. The van der Waals surface area contributed by atoms with Gasteiger partial charge in [-0.05, 0) is 30.3 Å². The summed E-state index contributed by atoms with van der Waals surface area (Å²) in [5, 5.41) is 16.4. The van der Waals surface area contributed by atoms with E-state index in [1.54, 1.807) is 49.5 Å². The Labute approximate surface area is 115 Å². The first kappa shape index (κ1) is 13.5. The van der Waals surface area contributed by atoms with E-state index in [9.17, 15) is 14.9 Å². The van der Waals surface area contributed by atoms with Crippen LogP contribution in [0.4, 0.5) is 17.1 Å². The quantitative estimate of drug-likeness (QED) is 0.661. The van der Waals surface area contributed by atoms with E-state index in [0.29, 0.717) is 16.9 Å². The Morgan fingerprint density at radius 1 is 1.10 bits per heavy atom. The van der Waals surface area contributed by atoms with E-state index in [1.807, 2.05) is 0 Å². The molecule has 0 atom stereocenters. The van der Waals surface area contributed by atoms with Crippen LogP contribution in [0, 0.1) is 10.1 Å². The number of nitrogens with zero attached hydrogens (tertiary/aromatic N) is 1. The van der Waals surface area contributed by atoms with Crippen molar-refractivity contribution in [3.63, 3.8) is 0 Å². The highest BCUT2D eigenvalue weighted by Crippen LogP contribution is 2.26. The van der Waals surface area contributed by atoms with Gasteiger partial charge in [-0.3, -0.25) is 14.9 Å². The number of nitrogens with one attached hydrogen (secondary N) is 2. The van der Waals surface area contributed by atoms with Crippen LogP contribution in [-0.2, 0) is 0 Å². The fourth-order valence-corrected chi connectivity index (χ4v) is 1.74. The molecule has 0 saturated heterocycles. The first-order valence-electron chi connectivity index (χ1n) is 5.94. The summed E-state index contributed by atoms with van der Waals surface area (Å²) in [6.45, 7) is 0. The van der Waals surface area contributed by atoms with Crippen molar-refractivity contribution in [2.45, 2.75) is 0 Å². The SMILES string of the molecule is CNC(=O)c1ccc(Nc2ccccc2[N+](=O)[O-])cc1. The van der Waals surface area contributed by atoms with Gasteiger partial charge < -0.3 is 10.6 Å². The number of nitro benzene ring substituents is 1. The first-order valence-corrected chi connectivity index (χ1v) is 5.94. The number of hydrogen-bond acceptors (Lipinski definition) is 4. The van der Waals surface area contributed by atoms with Crippen molar-refractivity contribution in [3.8, 4) is 0 Å². The van der Waals surface area contributed by atoms with Gasteiger partial charge in [-0.15, -0.1) is 0 Å². The molecule has 0 aromatic heterocycles. The summed E-state index contributed by atoms with van der Waals surface area (Å²) in [7, 11) is 1.56. The highest BCUT2D eigenvalue weighted by atomic mass is 16.6. The van der Waals surface area contributed by atoms with E-state index in [-0.39, 0.29) is 11.6 Å². The fourth-order valence-electron chi connectivity index (χ4n) is 1.74. The Morgan fingerprint density at radius 3 is 2.35 bits per heavy atom. The normalized spacial score (nSPS) is 9.85. The number of para-hydroxylation sites is 2. The second-order valence-corrected chi connectivity index (χ2v) is 4.06. The van der Waals surface area contributed by atoms with Gasteiger partial charge in [0, 0.05) is 24.4 Å². The molecule has 2 N–H and O–H groups in total. The Morgan fingerprint density at radius 2 is 1.75 bits per heavy atom. The minimum absolute atomic E-state index is 0.00266. The largest absolute Gasteiger partial charge is 0.355 e. The summed E-state index contributed by atoms with van der Waals surface area (Å²) in [5.74, 6) is -0.178. The van der Waals surface area contributed by atoms with Crippen molar-refractivity contribution in [3.05, 3.63) is 64.2 Å². The lowest BCUT2D eigenvalue weighted by atomic mass is 10.2. The van der Waals surface area contributed by atoms with E-state index in [2.05, 4.69) is 10.6 Å². The number of rotatable bonds is 4. The predicted molar refractivity (Wildman–Crippen MR) is 76.2 cm³/mol. The maximum atomic E-state index is 11.4. The number of hydrogen-bond donors (Lipinski definition) is 2. The molecule has 0 radical (unpaired) electrons. The molecule has 6 heteroatoms. The van der Waals surface area contributed by atoms with Crippen LogP contribution in [0.1, 0.15) is 10.4 Å². The van der Waals surface area contributed by atoms with Crippen LogP contribution in [0.15, 0.2) is 48.5 Å². The third-order valence-electron chi connectivity index (χ3n) is 2.75. The lowest BCUT2D eigenvalue weighted by Gasteiger charge is -2.07. The predicted octanol–water partition coefficient (Wildman–Crippen LogP) is 2.70. The highest BCUT2D eigenvalue weighted by Gasteiger charge is 2.12. The van der Waals surface area contributed by atoms with Gasteiger partial charge in [-0.2, -0.15) is 0 Å². The van der Waals surface area contributed by atoms with Crippen molar-refractivity contribution in [1.29, 1.82) is 0 Å². The van der Waals surface area contributed by atoms with Crippen LogP contribution in [0.5, 0.6) is 0 Å². The summed E-state index contributed by atoms with van der Waals surface area (Å²) in [4.78, 5) is 21.9. The van der Waals surface area contributed by atoms with Crippen molar-refractivity contribution in [2.24, 2.45) is 0 Å². The average Bonchev–Trinajstić information content (AvgIpc) is 2.47. The second kappa shape index (κ2) is 5.83. The van der Waals surface area contributed by atoms with Crippen LogP contribution >= 0.6 is 0 Å². The molecule has 0 aliphatic carbocycles. The van der Waals surface area contributed by atoms with Crippen molar-refractivity contribution >= 4 is 23.0 Å². The Hall–Kier alpha value is -2.89. The molecule has 1 amide bonds. The van der Waals surface area contributed by atoms with E-state index in [1.165, 1.54) is 6.07 Å². The summed E-state index contributed by atoms with van der Waals surface area (Å²) in [6, 6.07) is 13.1. The number of benzene rings is 2. The van der Waals surface area contributed by atoms with E-state index >= 15 is 0 Å². The molecule has 2 aromatic rings. The lowest BCUT2D eigenvalue weighted by molar-refractivity contribution is -0.383. The Balaban J connectivity index is 2.23. The van der Waals surface area contributed by atoms with Crippen LogP contribution in [0.2, 0.25) is 0 Å². The zero-order valence-corrected chi connectivity index (χ0v) is 10.8. The van der Waals surface area contributed by atoms with Gasteiger partial charge >= 0.3 is 0 Å². The summed E-state index contributed by atoms with van der Waals surface area (Å²) < 4.78 is 0. The van der Waals surface area contributed by atoms with Gasteiger partial charge in [-0.25, -0.2) is 0 Å². The Kier molecular flexibility index (Phi) is 3.95. The number of anilines is 2. The molecule has 0 fully saturated rings. The monoisotopic (exact) mass is 271 g/mol. The second-order valence-electron chi connectivity index (χ2n) is 4.06. The third kappa shape index (κ3) is 2.92. The van der Waals surface area contributed by atoms with Crippen molar-refractivity contribution in [1.82, 2.24) is 5.32 Å². The molecular weight excluding hydrogens is 258 g/mol. The molecule has 0 unspecified atom stereocenters. The fraction of sp³-hybridized carbons (Fsp3) is 0.0714. The van der Waals surface area contributed by atoms with Gasteiger partial charge in [0.1, 0.15) is 5.69 Å². The van der Waals surface area contributed by atoms with Crippen molar-refractivity contribution in [2.75, 3.05) is 12.4 Å². The number of nitro groups is 1. The maximum absolute atomic E-state index is 11.4. The zero-order valence-electron chi connectivity index (χ0n) is 10.8. The topological polar surface area (TPSA) is 84.3 Å². The van der Waals surface area contributed by atoms with Crippen LogP contribution in [-0.4, -0.2) is 17.9 Å². The molecule has 2 aromatic carbocycles. The molecule has 0 aliphatic rings. The van der Waals surface area contributed by atoms with Gasteiger partial charge in [-0.1, -0.05) is 12.1 Å². The van der Waals surface area contributed by atoms with Gasteiger partial charge in [0.05, 0.1) is 4.92 Å². The van der Waals surface area contributed by atoms with E-state index < -0.39 is 4.92 Å². The van der Waals surface area contributed by atoms with Crippen LogP contribution in [0.3, 0.4) is 0 Å². The standard InChI is InChI=1S/C14H13N3O3/c1-15-14(18)10-6-8-11(9-7-10)16-12-4-2-3-5-13(12)17(19)20/h2-9,16H,1H3,(H,15,18). The first-order chi connectivity index (χ1) is 9.61. The summed E-state index contributed by atoms with van der Waals surface area (Å²) >= 11 is 0. The molecule has 0 bridgehead atoms. The van der Waals surface area contributed by atoms with Crippen LogP contribution in [0.25, 0.3) is 0 Å². The van der Waals surface area contributed by atoms with E-state index in [0.717, 1.165) is 0 Å². The van der Waals surface area contributed by atoms with Gasteiger partial charge in [0.15, 0.2) is 0 Å². The summed E-state index contributed by atoms with van der Waals surface area (Å²) in [6.07, 6.45) is 0. The van der Waals surface area contributed by atoms with Gasteiger partial charge in [0.2, 0.25) is 0 Å². The molecule has 0 spiro atoms. The highest BCUT2D eigenvalue weighted by molar-refractivity contribution is 5.94. The van der Waals surface area contributed by atoms with Crippen LogP contribution < -0.4 is 10.6 Å². The zero-order chi connectivity index (χ0) is 14.5.